The van der Waals surface area contributed by atoms with Crippen LogP contribution >= 0.6 is 0 Å². The number of halogens is 3. The monoisotopic (exact) mass is 388 g/mol. The molecule has 0 amide bonds. The first-order chi connectivity index (χ1) is 11.3. The molecule has 8 heteroatoms. The van der Waals surface area contributed by atoms with Gasteiger partial charge in [0.05, 0.1) is 8.07 Å². The maximum absolute atomic E-state index is 12.9. The van der Waals surface area contributed by atoms with E-state index in [0.29, 0.717) is 16.3 Å². The molecule has 0 aliphatic rings. The summed E-state index contributed by atoms with van der Waals surface area (Å²) in [6, 6.07) is 12.0. The average Bonchev–Trinajstić information content (AvgIpc) is 2.47. The van der Waals surface area contributed by atoms with Crippen LogP contribution in [0.2, 0.25) is 19.6 Å². The van der Waals surface area contributed by atoms with Crippen molar-refractivity contribution in [3.05, 3.63) is 48.0 Å². The summed E-state index contributed by atoms with van der Waals surface area (Å²) in [7, 11) is -7.94. The second kappa shape index (κ2) is 6.49. The first-order valence-corrected chi connectivity index (χ1v) is 12.4. The Hall–Kier alpha value is -1.80. The summed E-state index contributed by atoms with van der Waals surface area (Å²) in [4.78, 5) is 0. The van der Waals surface area contributed by atoms with Crippen molar-refractivity contribution in [2.75, 3.05) is 0 Å². The van der Waals surface area contributed by atoms with Crippen LogP contribution in [0.5, 0.6) is 5.75 Å². The van der Waals surface area contributed by atoms with Gasteiger partial charge in [-0.3, -0.25) is 0 Å². The summed E-state index contributed by atoms with van der Waals surface area (Å²) in [6.45, 7) is 7.58. The van der Waals surface area contributed by atoms with Gasteiger partial charge in [-0.15, -0.1) is 0 Å². The number of alkyl halides is 3. The number of hydrogen-bond acceptors (Lipinski definition) is 3. The molecule has 0 fully saturated rings. The summed E-state index contributed by atoms with van der Waals surface area (Å²) in [5.41, 5.74) is -3.72. The molecule has 0 aliphatic carbocycles. The fourth-order valence-electron chi connectivity index (χ4n) is 2.41. The lowest BCUT2D eigenvalue weighted by atomic mass is 10.0. The fraction of sp³-hybridized carbons (Fsp3) is 0.294. The minimum absolute atomic E-state index is 0.228. The van der Waals surface area contributed by atoms with Crippen LogP contribution in [0.15, 0.2) is 42.5 Å². The lowest BCUT2D eigenvalue weighted by molar-refractivity contribution is -0.0499. The number of aryl methyl sites for hydroxylation is 1. The standard InChI is InChI=1S/C17H19F3O3SSi/c1-12-10-14(13-8-6-5-7-9-13)16(15(11-12)25(2,3)4)23-24(21,22)17(18,19)20/h5-11H,1-4H3. The Morgan fingerprint density at radius 3 is 2.04 bits per heavy atom. The van der Waals surface area contributed by atoms with Gasteiger partial charge >= 0.3 is 15.6 Å². The molecule has 0 aromatic heterocycles. The molecule has 0 aliphatic heterocycles. The van der Waals surface area contributed by atoms with Crippen molar-refractivity contribution in [3.63, 3.8) is 0 Å². The fourth-order valence-corrected chi connectivity index (χ4v) is 4.50. The van der Waals surface area contributed by atoms with Crippen LogP contribution in [0.25, 0.3) is 11.1 Å². The van der Waals surface area contributed by atoms with E-state index in [4.69, 9.17) is 0 Å². The van der Waals surface area contributed by atoms with Crippen LogP contribution < -0.4 is 9.37 Å². The van der Waals surface area contributed by atoms with E-state index in [0.717, 1.165) is 5.56 Å². The van der Waals surface area contributed by atoms with E-state index in [1.165, 1.54) is 0 Å². The summed E-state index contributed by atoms with van der Waals surface area (Å²) in [6.07, 6.45) is 0. The lowest BCUT2D eigenvalue weighted by Crippen LogP contribution is -2.41. The quantitative estimate of drug-likeness (QED) is 0.442. The zero-order valence-corrected chi connectivity index (χ0v) is 16.1. The number of rotatable bonds is 4. The Morgan fingerprint density at radius 1 is 1.00 bits per heavy atom. The average molecular weight is 388 g/mol. The van der Waals surface area contributed by atoms with Gasteiger partial charge in [-0.2, -0.15) is 21.6 Å². The van der Waals surface area contributed by atoms with Gasteiger partial charge < -0.3 is 4.18 Å². The molecule has 0 spiro atoms. The number of hydrogen-bond donors (Lipinski definition) is 0. The Kier molecular flexibility index (Phi) is 5.07. The van der Waals surface area contributed by atoms with Crippen LogP contribution in [0.3, 0.4) is 0 Å². The Bertz CT molecular complexity index is 870. The van der Waals surface area contributed by atoms with Gasteiger partial charge in [0.2, 0.25) is 0 Å². The van der Waals surface area contributed by atoms with Crippen molar-refractivity contribution in [2.45, 2.75) is 32.1 Å². The molecule has 3 nitrogen and oxygen atoms in total. The van der Waals surface area contributed by atoms with Crippen LogP contribution in [-0.2, 0) is 10.1 Å². The molecular formula is C17H19F3O3SSi. The van der Waals surface area contributed by atoms with Crippen LogP contribution in [0.1, 0.15) is 5.56 Å². The maximum atomic E-state index is 12.9. The topological polar surface area (TPSA) is 43.4 Å². The second-order valence-corrected chi connectivity index (χ2v) is 13.4. The van der Waals surface area contributed by atoms with E-state index in [9.17, 15) is 21.6 Å². The molecule has 25 heavy (non-hydrogen) atoms. The largest absolute Gasteiger partial charge is 0.534 e. The van der Waals surface area contributed by atoms with E-state index < -0.39 is 23.7 Å². The molecular weight excluding hydrogens is 369 g/mol. The van der Waals surface area contributed by atoms with Crippen LogP contribution in [0, 0.1) is 6.92 Å². The van der Waals surface area contributed by atoms with Crippen molar-refractivity contribution >= 4 is 23.4 Å². The van der Waals surface area contributed by atoms with E-state index in [1.807, 2.05) is 26.6 Å². The van der Waals surface area contributed by atoms with E-state index in [-0.39, 0.29) is 5.75 Å². The normalized spacial score (nSPS) is 12.9. The SMILES string of the molecule is Cc1cc(-c2ccccc2)c(OS(=O)(=O)C(F)(F)F)c([Si](C)(C)C)c1. The molecule has 2 rings (SSSR count). The summed E-state index contributed by atoms with van der Waals surface area (Å²) >= 11 is 0. The first-order valence-electron chi connectivity index (χ1n) is 7.54. The van der Waals surface area contributed by atoms with Crippen molar-refractivity contribution in [3.8, 4) is 16.9 Å². The summed E-state index contributed by atoms with van der Waals surface area (Å²) < 4.78 is 66.5. The Balaban J connectivity index is 2.79. The third-order valence-electron chi connectivity index (χ3n) is 3.60. The zero-order chi connectivity index (χ0) is 19.0. The molecule has 0 heterocycles. The van der Waals surface area contributed by atoms with E-state index >= 15 is 0 Å². The van der Waals surface area contributed by atoms with Crippen LogP contribution in [0.4, 0.5) is 13.2 Å². The molecule has 136 valence electrons. The number of benzene rings is 2. The van der Waals surface area contributed by atoms with Gasteiger partial charge in [-0.05, 0) is 23.7 Å². The van der Waals surface area contributed by atoms with Crippen molar-refractivity contribution < 1.29 is 25.8 Å². The molecule has 0 radical (unpaired) electrons. The highest BCUT2D eigenvalue weighted by Crippen LogP contribution is 2.35. The van der Waals surface area contributed by atoms with Crippen molar-refractivity contribution in [1.29, 1.82) is 0 Å². The van der Waals surface area contributed by atoms with Gasteiger partial charge in [0.1, 0.15) is 5.75 Å². The highest BCUT2D eigenvalue weighted by Gasteiger charge is 2.49. The maximum Gasteiger partial charge on any atom is 0.534 e. The zero-order valence-electron chi connectivity index (χ0n) is 14.3. The predicted octanol–water partition coefficient (Wildman–Crippen LogP) is 4.44. The molecule has 0 bridgehead atoms. The summed E-state index contributed by atoms with van der Waals surface area (Å²) in [5.74, 6) is -0.228. The predicted molar refractivity (Wildman–Crippen MR) is 95.2 cm³/mol. The van der Waals surface area contributed by atoms with Gasteiger partial charge in [-0.1, -0.05) is 61.6 Å². The smallest absolute Gasteiger partial charge is 0.375 e. The third-order valence-corrected chi connectivity index (χ3v) is 6.54. The van der Waals surface area contributed by atoms with Gasteiger partial charge in [-0.25, -0.2) is 0 Å². The van der Waals surface area contributed by atoms with Gasteiger partial charge in [0.25, 0.3) is 0 Å². The van der Waals surface area contributed by atoms with Gasteiger partial charge in [0, 0.05) is 5.56 Å². The third kappa shape index (κ3) is 4.24. The minimum Gasteiger partial charge on any atom is -0.375 e. The van der Waals surface area contributed by atoms with Crippen molar-refractivity contribution in [1.82, 2.24) is 0 Å². The van der Waals surface area contributed by atoms with Crippen molar-refractivity contribution in [2.24, 2.45) is 0 Å². The summed E-state index contributed by atoms with van der Waals surface area (Å²) in [5, 5.41) is 0.527. The highest BCUT2D eigenvalue weighted by molar-refractivity contribution is 7.88. The molecule has 0 saturated heterocycles. The Morgan fingerprint density at radius 2 is 1.56 bits per heavy atom. The highest BCUT2D eigenvalue weighted by atomic mass is 32.2. The van der Waals surface area contributed by atoms with Gasteiger partial charge in [0.15, 0.2) is 0 Å². The Labute approximate surface area is 146 Å². The molecule has 0 unspecified atom stereocenters. The molecule has 2 aromatic rings. The minimum atomic E-state index is -5.75. The van der Waals surface area contributed by atoms with E-state index in [2.05, 4.69) is 4.18 Å². The van der Waals surface area contributed by atoms with Crippen LogP contribution in [-0.4, -0.2) is 22.0 Å². The first kappa shape index (κ1) is 19.5. The molecule has 0 atom stereocenters. The van der Waals surface area contributed by atoms with E-state index in [1.54, 1.807) is 42.5 Å². The second-order valence-electron chi connectivity index (χ2n) is 6.79. The lowest BCUT2D eigenvalue weighted by Gasteiger charge is -2.24. The molecule has 0 N–H and O–H groups in total. The molecule has 2 aromatic carbocycles. The molecule has 0 saturated carbocycles.